The molecular weight excluding hydrogens is 405 g/mol. The van der Waals surface area contributed by atoms with Crippen molar-refractivity contribution in [3.05, 3.63) is 51.1 Å². The van der Waals surface area contributed by atoms with Gasteiger partial charge in [0.05, 0.1) is 0 Å². The molecule has 2 aromatic rings. The van der Waals surface area contributed by atoms with E-state index in [0.29, 0.717) is 18.3 Å². The largest absolute Gasteiger partial charge is 0.433 e. The Kier molecular flexibility index (Phi) is 7.96. The molecule has 0 spiro atoms. The molecule has 1 saturated carbocycles. The zero-order valence-corrected chi connectivity index (χ0v) is 19.3. The molecule has 0 aromatic carbocycles. The molecule has 0 aliphatic heterocycles. The fourth-order valence-electron chi connectivity index (χ4n) is 4.38. The van der Waals surface area contributed by atoms with Crippen molar-refractivity contribution in [2.24, 2.45) is 5.92 Å². The summed E-state index contributed by atoms with van der Waals surface area (Å²) in [5.74, 6) is 0.891. The third kappa shape index (κ3) is 6.13. The Balaban J connectivity index is 1.63. The van der Waals surface area contributed by atoms with Crippen LogP contribution < -0.4 is 21.8 Å². The first kappa shape index (κ1) is 23.8. The van der Waals surface area contributed by atoms with E-state index in [-0.39, 0.29) is 23.7 Å². The minimum absolute atomic E-state index is 0.0767. The van der Waals surface area contributed by atoms with Crippen LogP contribution in [0, 0.1) is 19.8 Å². The number of nitrogen functional groups attached to an aromatic ring is 1. The van der Waals surface area contributed by atoms with Crippen LogP contribution in [-0.2, 0) is 24.3 Å². The summed E-state index contributed by atoms with van der Waals surface area (Å²) < 4.78 is 1.44. The van der Waals surface area contributed by atoms with Gasteiger partial charge in [0.15, 0.2) is 0 Å². The van der Waals surface area contributed by atoms with Gasteiger partial charge in [-0.25, -0.2) is 4.98 Å². The molecule has 32 heavy (non-hydrogen) atoms. The van der Waals surface area contributed by atoms with Gasteiger partial charge < -0.3 is 25.9 Å². The highest BCUT2D eigenvalue weighted by Gasteiger charge is 2.19. The summed E-state index contributed by atoms with van der Waals surface area (Å²) in [6.45, 7) is 5.53. The molecule has 0 bridgehead atoms. The summed E-state index contributed by atoms with van der Waals surface area (Å²) in [7, 11) is -0.699. The number of anilines is 2. The van der Waals surface area contributed by atoms with Crippen molar-refractivity contribution in [3.63, 3.8) is 0 Å². The van der Waals surface area contributed by atoms with Crippen LogP contribution in [0.2, 0.25) is 6.82 Å². The van der Waals surface area contributed by atoms with E-state index in [0.717, 1.165) is 28.9 Å². The Labute approximate surface area is 189 Å². The maximum Gasteiger partial charge on any atom is 0.408 e. The van der Waals surface area contributed by atoms with Gasteiger partial charge in [0.1, 0.15) is 18.1 Å². The van der Waals surface area contributed by atoms with Crippen LogP contribution in [-0.4, -0.2) is 27.5 Å². The van der Waals surface area contributed by atoms with Crippen LogP contribution in [0.4, 0.5) is 11.5 Å². The Bertz CT molecular complexity index is 1020. The second-order valence-corrected chi connectivity index (χ2v) is 8.86. The molecule has 9 heteroatoms. The maximum atomic E-state index is 12.9. The Morgan fingerprint density at radius 1 is 1.25 bits per heavy atom. The highest BCUT2D eigenvalue weighted by atomic mass is 16.2. The molecule has 0 saturated heterocycles. The Morgan fingerprint density at radius 2 is 1.97 bits per heavy atom. The van der Waals surface area contributed by atoms with E-state index >= 15 is 0 Å². The molecule has 1 amide bonds. The van der Waals surface area contributed by atoms with Gasteiger partial charge in [-0.3, -0.25) is 9.59 Å². The van der Waals surface area contributed by atoms with Crippen molar-refractivity contribution in [3.8, 4) is 0 Å². The van der Waals surface area contributed by atoms with Gasteiger partial charge in [0.2, 0.25) is 5.91 Å². The highest BCUT2D eigenvalue weighted by Crippen LogP contribution is 2.28. The normalized spacial score (nSPS) is 14.2. The number of amides is 1. The molecule has 2 heterocycles. The fourth-order valence-corrected chi connectivity index (χ4v) is 4.38. The molecule has 1 aliphatic rings. The molecule has 1 aliphatic carbocycles. The average molecular weight is 439 g/mol. The van der Waals surface area contributed by atoms with E-state index in [4.69, 9.17) is 5.73 Å². The SMILES string of the molecule is CB(O)Nc1ccc(CNC(=O)Cn2c(C)cc(CC3CCCCC3)c(N)c2=O)c(C)n1. The number of carbonyl (C=O) groups excluding carboxylic acids is 1. The smallest absolute Gasteiger partial charge is 0.408 e. The number of aryl methyl sites for hydroxylation is 2. The summed E-state index contributed by atoms with van der Waals surface area (Å²) in [4.78, 5) is 29.8. The van der Waals surface area contributed by atoms with E-state index in [1.165, 1.54) is 36.7 Å². The first-order chi connectivity index (χ1) is 15.2. The molecule has 0 radical (unpaired) electrons. The highest BCUT2D eigenvalue weighted by molar-refractivity contribution is 6.52. The molecule has 8 nitrogen and oxygen atoms in total. The summed E-state index contributed by atoms with van der Waals surface area (Å²) in [5, 5.41) is 15.1. The van der Waals surface area contributed by atoms with Crippen LogP contribution in [0.1, 0.15) is 54.6 Å². The molecule has 2 aromatic heterocycles. The van der Waals surface area contributed by atoms with Crippen molar-refractivity contribution in [1.82, 2.24) is 14.9 Å². The number of nitrogens with two attached hydrogens (primary N) is 1. The van der Waals surface area contributed by atoms with Gasteiger partial charge in [-0.05, 0) is 56.3 Å². The van der Waals surface area contributed by atoms with Crippen LogP contribution in [0.15, 0.2) is 23.0 Å². The van der Waals surface area contributed by atoms with Crippen molar-refractivity contribution >= 4 is 24.5 Å². The lowest BCUT2D eigenvalue weighted by Gasteiger charge is -2.23. The van der Waals surface area contributed by atoms with Crippen LogP contribution in [0.3, 0.4) is 0 Å². The number of aromatic nitrogens is 2. The summed E-state index contributed by atoms with van der Waals surface area (Å²) in [6.07, 6.45) is 7.00. The van der Waals surface area contributed by atoms with Gasteiger partial charge >= 0.3 is 7.05 Å². The number of hydrogen-bond donors (Lipinski definition) is 4. The topological polar surface area (TPSA) is 122 Å². The van der Waals surface area contributed by atoms with Crippen LogP contribution in [0.5, 0.6) is 0 Å². The van der Waals surface area contributed by atoms with Gasteiger partial charge in [-0.1, -0.05) is 38.2 Å². The quantitative estimate of drug-likeness (QED) is 0.469. The Morgan fingerprint density at radius 3 is 2.62 bits per heavy atom. The van der Waals surface area contributed by atoms with E-state index in [1.54, 1.807) is 12.9 Å². The van der Waals surface area contributed by atoms with Crippen LogP contribution in [0.25, 0.3) is 0 Å². The van der Waals surface area contributed by atoms with E-state index in [2.05, 4.69) is 15.5 Å². The summed E-state index contributed by atoms with van der Waals surface area (Å²) in [5.41, 5.74) is 9.41. The van der Waals surface area contributed by atoms with Crippen molar-refractivity contribution in [1.29, 1.82) is 0 Å². The third-order valence-corrected chi connectivity index (χ3v) is 6.19. The molecule has 172 valence electrons. The molecule has 3 rings (SSSR count). The third-order valence-electron chi connectivity index (χ3n) is 6.19. The number of hydrogen-bond acceptors (Lipinski definition) is 6. The van der Waals surface area contributed by atoms with Gasteiger partial charge in [-0.2, -0.15) is 0 Å². The fraction of sp³-hybridized carbons (Fsp3) is 0.522. The molecule has 5 N–H and O–H groups in total. The zero-order chi connectivity index (χ0) is 23.3. The Hall–Kier alpha value is -2.81. The monoisotopic (exact) mass is 439 g/mol. The van der Waals surface area contributed by atoms with Crippen LogP contribution >= 0.6 is 0 Å². The minimum Gasteiger partial charge on any atom is -0.433 e. The number of carbonyl (C=O) groups is 1. The lowest BCUT2D eigenvalue weighted by atomic mass is 9.84. The predicted octanol–water partition coefficient (Wildman–Crippen LogP) is 2.40. The van der Waals surface area contributed by atoms with Crippen molar-refractivity contribution in [2.75, 3.05) is 11.0 Å². The zero-order valence-electron chi connectivity index (χ0n) is 19.3. The maximum absolute atomic E-state index is 12.9. The standard InChI is InChI=1S/C23H34BN5O3/c1-15-11-19(12-17-7-5-4-6-8-17)22(25)23(31)29(15)14-21(30)26-13-18-9-10-20(27-16(18)2)28-24(3)32/h9-11,17,32H,4-8,12-14,25H2,1-3H3,(H,26,30)(H,27,28). The predicted molar refractivity (Wildman–Crippen MR) is 128 cm³/mol. The lowest BCUT2D eigenvalue weighted by molar-refractivity contribution is -0.121. The van der Waals surface area contributed by atoms with E-state index < -0.39 is 7.05 Å². The average Bonchev–Trinajstić information content (AvgIpc) is 2.74. The lowest BCUT2D eigenvalue weighted by Crippen LogP contribution is -2.34. The summed E-state index contributed by atoms with van der Waals surface area (Å²) in [6, 6.07) is 5.56. The second-order valence-electron chi connectivity index (χ2n) is 8.86. The van der Waals surface area contributed by atoms with Crippen molar-refractivity contribution < 1.29 is 9.82 Å². The van der Waals surface area contributed by atoms with Gasteiger partial charge in [0, 0.05) is 17.9 Å². The number of nitrogens with zero attached hydrogens (tertiary/aromatic N) is 2. The van der Waals surface area contributed by atoms with E-state index in [9.17, 15) is 14.6 Å². The molecule has 1 fully saturated rings. The van der Waals surface area contributed by atoms with Crippen molar-refractivity contribution in [2.45, 2.75) is 72.3 Å². The first-order valence-corrected chi connectivity index (χ1v) is 11.4. The second kappa shape index (κ2) is 10.7. The number of pyridine rings is 2. The minimum atomic E-state index is -0.699. The molecule has 0 atom stereocenters. The van der Waals surface area contributed by atoms with Gasteiger partial charge in [0.25, 0.3) is 5.56 Å². The molecule has 0 unspecified atom stereocenters. The van der Waals surface area contributed by atoms with E-state index in [1.807, 2.05) is 26.0 Å². The summed E-state index contributed by atoms with van der Waals surface area (Å²) >= 11 is 0. The van der Waals surface area contributed by atoms with Gasteiger partial charge in [-0.15, -0.1) is 0 Å². The first-order valence-electron chi connectivity index (χ1n) is 11.4. The molecular formula is C23H34BN5O3. The number of nitrogens with one attached hydrogen (secondary N) is 2. The number of rotatable bonds is 8.